The van der Waals surface area contributed by atoms with E-state index in [1.165, 1.54) is 14.0 Å². The van der Waals surface area contributed by atoms with Gasteiger partial charge in [0.25, 0.3) is 0 Å². The van der Waals surface area contributed by atoms with Gasteiger partial charge in [0.05, 0.1) is 0 Å². The lowest BCUT2D eigenvalue weighted by molar-refractivity contribution is -0.142. The van der Waals surface area contributed by atoms with Crippen LogP contribution in [0.3, 0.4) is 0 Å². The second-order valence-corrected chi connectivity index (χ2v) is 5.46. The number of rotatable bonds is 3. The highest BCUT2D eigenvalue weighted by molar-refractivity contribution is 5.32. The Labute approximate surface area is 130 Å². The van der Waals surface area contributed by atoms with Crippen molar-refractivity contribution in [2.45, 2.75) is 44.9 Å². The van der Waals surface area contributed by atoms with Crippen molar-refractivity contribution >= 4 is 0 Å². The van der Waals surface area contributed by atoms with Gasteiger partial charge in [0.1, 0.15) is 12.4 Å². The van der Waals surface area contributed by atoms with E-state index in [9.17, 15) is 13.2 Å². The Hall–Kier alpha value is -2.03. The molecule has 0 aromatic carbocycles. The number of aromatic nitrogens is 4. The maximum Gasteiger partial charge on any atom is 0.433 e. The largest absolute Gasteiger partial charge is 0.433 e. The van der Waals surface area contributed by atoms with Crippen molar-refractivity contribution in [1.82, 2.24) is 20.1 Å². The number of aryl methyl sites for hydroxylation is 2. The molecular weight excluding hydrogens is 313 g/mol. The summed E-state index contributed by atoms with van der Waals surface area (Å²) in [6, 6.07) is 0. The Balaban J connectivity index is 1.93. The maximum atomic E-state index is 13.2. The van der Waals surface area contributed by atoms with Gasteiger partial charge in [-0.2, -0.15) is 18.2 Å². The Morgan fingerprint density at radius 2 is 2.04 bits per heavy atom. The summed E-state index contributed by atoms with van der Waals surface area (Å²) in [6.07, 6.45) is -3.33. The number of nitrogens with zero attached hydrogens (tertiary/aromatic N) is 4. The van der Waals surface area contributed by atoms with Gasteiger partial charge in [-0.25, -0.2) is 9.97 Å². The minimum Gasteiger partial charge on any atom is -0.377 e. The zero-order valence-electron chi connectivity index (χ0n) is 12.6. The van der Waals surface area contributed by atoms with Crippen molar-refractivity contribution < 1.29 is 22.4 Å². The minimum absolute atomic E-state index is 0.130. The molecule has 2 aromatic rings. The summed E-state index contributed by atoms with van der Waals surface area (Å²) >= 11 is 0. The monoisotopic (exact) mass is 328 g/mol. The zero-order chi connectivity index (χ0) is 16.6. The van der Waals surface area contributed by atoms with Crippen LogP contribution in [0.15, 0.2) is 4.52 Å². The number of halogens is 3. The van der Waals surface area contributed by atoms with Crippen LogP contribution in [0, 0.1) is 6.92 Å². The van der Waals surface area contributed by atoms with Gasteiger partial charge >= 0.3 is 6.18 Å². The second-order valence-electron chi connectivity index (χ2n) is 5.46. The molecule has 0 fully saturated rings. The first-order valence-corrected chi connectivity index (χ1v) is 7.13. The van der Waals surface area contributed by atoms with Gasteiger partial charge in [0, 0.05) is 24.3 Å². The van der Waals surface area contributed by atoms with Crippen molar-refractivity contribution in [3.63, 3.8) is 0 Å². The van der Waals surface area contributed by atoms with Crippen molar-refractivity contribution in [3.8, 4) is 0 Å². The summed E-state index contributed by atoms with van der Waals surface area (Å²) in [5.41, 5.74) is -0.273. The molecule has 1 aliphatic carbocycles. The summed E-state index contributed by atoms with van der Waals surface area (Å²) in [5.74, 6) is 0.573. The lowest BCUT2D eigenvalue weighted by Crippen LogP contribution is -2.22. The minimum atomic E-state index is -4.50. The Kier molecular flexibility index (Phi) is 4.05. The molecular formula is C14H15F3N4O2. The maximum absolute atomic E-state index is 13.2. The molecule has 9 heteroatoms. The molecule has 6 nitrogen and oxygen atoms in total. The summed E-state index contributed by atoms with van der Waals surface area (Å²) in [4.78, 5) is 11.9. The normalized spacial score (nSPS) is 18.0. The molecule has 1 unspecified atom stereocenters. The quantitative estimate of drug-likeness (QED) is 0.862. The van der Waals surface area contributed by atoms with Gasteiger partial charge in [0.15, 0.2) is 11.5 Å². The van der Waals surface area contributed by atoms with Crippen molar-refractivity contribution in [1.29, 1.82) is 0 Å². The first-order chi connectivity index (χ1) is 10.9. The fourth-order valence-corrected chi connectivity index (χ4v) is 2.80. The number of fused-ring (bicyclic) bond motifs is 1. The average Bonchev–Trinajstić information content (AvgIpc) is 2.94. The Morgan fingerprint density at radius 1 is 1.26 bits per heavy atom. The van der Waals surface area contributed by atoms with E-state index in [0.717, 1.165) is 0 Å². The van der Waals surface area contributed by atoms with Crippen LogP contribution in [0.1, 0.15) is 46.8 Å². The molecule has 0 spiro atoms. The van der Waals surface area contributed by atoms with E-state index in [1.54, 1.807) is 0 Å². The van der Waals surface area contributed by atoms with Crippen LogP contribution in [-0.2, 0) is 30.4 Å². The predicted octanol–water partition coefficient (Wildman–Crippen LogP) is 2.61. The fourth-order valence-electron chi connectivity index (χ4n) is 2.80. The molecule has 124 valence electrons. The zero-order valence-corrected chi connectivity index (χ0v) is 12.6. The lowest BCUT2D eigenvalue weighted by atomic mass is 9.85. The number of alkyl halides is 3. The highest BCUT2D eigenvalue weighted by atomic mass is 19.4. The molecule has 1 atom stereocenters. The summed E-state index contributed by atoms with van der Waals surface area (Å²) < 4.78 is 49.8. The number of ether oxygens (including phenoxy) is 1. The third-order valence-electron chi connectivity index (χ3n) is 3.76. The SMILES string of the molecule is COCc1noc(C2CCc3nc(C)nc(C(F)(F)F)c3C2)n1. The fraction of sp³-hybridized carbons (Fsp3) is 0.571. The topological polar surface area (TPSA) is 73.9 Å². The van der Waals surface area contributed by atoms with Crippen LogP contribution in [-0.4, -0.2) is 27.2 Å². The molecule has 0 N–H and O–H groups in total. The number of hydrogen-bond acceptors (Lipinski definition) is 6. The van der Waals surface area contributed by atoms with Crippen molar-refractivity contribution in [3.05, 3.63) is 34.5 Å². The lowest BCUT2D eigenvalue weighted by Gasteiger charge is -2.24. The molecule has 0 amide bonds. The molecule has 23 heavy (non-hydrogen) atoms. The van der Waals surface area contributed by atoms with E-state index in [1.807, 2.05) is 0 Å². The van der Waals surface area contributed by atoms with E-state index < -0.39 is 11.9 Å². The predicted molar refractivity (Wildman–Crippen MR) is 71.5 cm³/mol. The molecule has 0 saturated heterocycles. The van der Waals surface area contributed by atoms with E-state index in [4.69, 9.17) is 9.26 Å². The molecule has 3 rings (SSSR count). The van der Waals surface area contributed by atoms with Gasteiger partial charge in [-0.3, -0.25) is 0 Å². The van der Waals surface area contributed by atoms with Crippen LogP contribution in [0.25, 0.3) is 0 Å². The third-order valence-corrected chi connectivity index (χ3v) is 3.76. The first-order valence-electron chi connectivity index (χ1n) is 7.13. The molecule has 2 heterocycles. The molecule has 0 aliphatic heterocycles. The van der Waals surface area contributed by atoms with Gasteiger partial charge in [0.2, 0.25) is 5.89 Å². The molecule has 0 radical (unpaired) electrons. The smallest absolute Gasteiger partial charge is 0.377 e. The van der Waals surface area contributed by atoms with E-state index in [-0.39, 0.29) is 30.3 Å². The highest BCUT2D eigenvalue weighted by Crippen LogP contribution is 2.38. The van der Waals surface area contributed by atoms with Crippen LogP contribution in [0.4, 0.5) is 13.2 Å². The van der Waals surface area contributed by atoms with Crippen LogP contribution < -0.4 is 0 Å². The van der Waals surface area contributed by atoms with Crippen molar-refractivity contribution in [2.75, 3.05) is 7.11 Å². The third kappa shape index (κ3) is 3.19. The van der Waals surface area contributed by atoms with E-state index in [0.29, 0.717) is 30.3 Å². The van der Waals surface area contributed by atoms with Crippen LogP contribution in [0.5, 0.6) is 0 Å². The number of methoxy groups -OCH3 is 1. The summed E-state index contributed by atoms with van der Waals surface area (Å²) in [5, 5.41) is 3.76. The Morgan fingerprint density at radius 3 is 2.74 bits per heavy atom. The van der Waals surface area contributed by atoms with Crippen LogP contribution >= 0.6 is 0 Å². The van der Waals surface area contributed by atoms with Gasteiger partial charge in [-0.05, 0) is 26.2 Å². The second kappa shape index (κ2) is 5.88. The average molecular weight is 328 g/mol. The van der Waals surface area contributed by atoms with Gasteiger partial charge < -0.3 is 9.26 Å². The van der Waals surface area contributed by atoms with E-state index >= 15 is 0 Å². The van der Waals surface area contributed by atoms with Gasteiger partial charge in [-0.15, -0.1) is 0 Å². The van der Waals surface area contributed by atoms with Crippen LogP contribution in [0.2, 0.25) is 0 Å². The summed E-state index contributed by atoms with van der Waals surface area (Å²) in [7, 11) is 1.50. The molecule has 0 saturated carbocycles. The highest BCUT2D eigenvalue weighted by Gasteiger charge is 2.39. The summed E-state index contributed by atoms with van der Waals surface area (Å²) in [6.45, 7) is 1.67. The number of hydrogen-bond donors (Lipinski definition) is 0. The Bertz CT molecular complexity index is 715. The molecule has 0 bridgehead atoms. The molecule has 1 aliphatic rings. The first kappa shape index (κ1) is 15.9. The molecule has 2 aromatic heterocycles. The standard InChI is InChI=1S/C14H15F3N4O2/c1-7-18-10-4-3-8(13-20-11(6-22-2)21-23-13)5-9(10)12(19-7)14(15,16)17/h8H,3-6H2,1-2H3. The van der Waals surface area contributed by atoms with E-state index in [2.05, 4.69) is 20.1 Å². The van der Waals surface area contributed by atoms with Crippen molar-refractivity contribution in [2.24, 2.45) is 0 Å². The van der Waals surface area contributed by atoms with Gasteiger partial charge in [-0.1, -0.05) is 5.16 Å².